The van der Waals surface area contributed by atoms with Crippen molar-refractivity contribution in [1.82, 2.24) is 9.97 Å². The van der Waals surface area contributed by atoms with Gasteiger partial charge in [0, 0.05) is 17.5 Å². The first-order valence-electron chi connectivity index (χ1n) is 7.70. The highest BCUT2D eigenvalue weighted by Gasteiger charge is 2.13. The van der Waals surface area contributed by atoms with Crippen LogP contribution in [0.3, 0.4) is 0 Å². The predicted octanol–water partition coefficient (Wildman–Crippen LogP) is 5.76. The van der Waals surface area contributed by atoms with E-state index in [1.807, 2.05) is 41.8 Å². The maximum absolute atomic E-state index is 13.9. The largest absolute Gasteiger partial charge is 0.365 e. The van der Waals surface area contributed by atoms with Crippen LogP contribution in [0.4, 0.5) is 10.2 Å². The van der Waals surface area contributed by atoms with Crippen LogP contribution in [0.2, 0.25) is 5.02 Å². The number of nitrogens with one attached hydrogen (secondary N) is 1. The fraction of sp³-hybridized carbons (Fsp3) is 0.0526. The van der Waals surface area contributed by atoms with Crippen LogP contribution in [0.15, 0.2) is 60.0 Å². The van der Waals surface area contributed by atoms with Crippen LogP contribution in [0.1, 0.15) is 5.56 Å². The maximum Gasteiger partial charge on any atom is 0.173 e. The van der Waals surface area contributed by atoms with E-state index in [2.05, 4.69) is 15.3 Å². The Labute approximate surface area is 153 Å². The van der Waals surface area contributed by atoms with Gasteiger partial charge in [-0.2, -0.15) is 0 Å². The molecule has 0 fully saturated rings. The number of hydrogen-bond acceptors (Lipinski definition) is 4. The fourth-order valence-electron chi connectivity index (χ4n) is 2.59. The summed E-state index contributed by atoms with van der Waals surface area (Å²) < 4.78 is 13.9. The normalized spacial score (nSPS) is 11.0. The van der Waals surface area contributed by atoms with Crippen molar-refractivity contribution in [2.75, 3.05) is 5.32 Å². The second kappa shape index (κ2) is 6.78. The van der Waals surface area contributed by atoms with Crippen molar-refractivity contribution in [1.29, 1.82) is 0 Å². The van der Waals surface area contributed by atoms with Gasteiger partial charge in [0.05, 0.1) is 15.4 Å². The van der Waals surface area contributed by atoms with E-state index in [-0.39, 0.29) is 5.82 Å². The van der Waals surface area contributed by atoms with E-state index < -0.39 is 0 Å². The van der Waals surface area contributed by atoms with Crippen molar-refractivity contribution in [2.24, 2.45) is 0 Å². The van der Waals surface area contributed by atoms with Crippen molar-refractivity contribution < 1.29 is 4.39 Å². The van der Waals surface area contributed by atoms with Gasteiger partial charge in [0.25, 0.3) is 0 Å². The van der Waals surface area contributed by atoms with E-state index in [0.717, 1.165) is 15.8 Å². The lowest BCUT2D eigenvalue weighted by Gasteiger charge is -2.11. The van der Waals surface area contributed by atoms with Crippen LogP contribution >= 0.6 is 22.9 Å². The van der Waals surface area contributed by atoms with Gasteiger partial charge in [-0.3, -0.25) is 0 Å². The zero-order valence-corrected chi connectivity index (χ0v) is 14.6. The van der Waals surface area contributed by atoms with Crippen molar-refractivity contribution in [3.05, 3.63) is 76.4 Å². The van der Waals surface area contributed by atoms with Crippen LogP contribution in [-0.4, -0.2) is 9.97 Å². The van der Waals surface area contributed by atoms with Gasteiger partial charge in [-0.25, -0.2) is 14.4 Å². The fourth-order valence-corrected chi connectivity index (χ4v) is 3.66. The topological polar surface area (TPSA) is 37.8 Å². The van der Waals surface area contributed by atoms with Gasteiger partial charge >= 0.3 is 0 Å². The average molecular weight is 370 g/mol. The van der Waals surface area contributed by atoms with Gasteiger partial charge in [0.15, 0.2) is 5.82 Å². The molecule has 4 aromatic rings. The number of para-hydroxylation sites is 1. The molecular weight excluding hydrogens is 357 g/mol. The molecule has 0 saturated heterocycles. The van der Waals surface area contributed by atoms with Crippen LogP contribution in [0.5, 0.6) is 0 Å². The number of fused-ring (bicyclic) bond motifs is 1. The van der Waals surface area contributed by atoms with E-state index in [9.17, 15) is 4.39 Å². The summed E-state index contributed by atoms with van der Waals surface area (Å²) in [4.78, 5) is 10.1. The van der Waals surface area contributed by atoms with Crippen LogP contribution in [0, 0.1) is 5.82 Å². The summed E-state index contributed by atoms with van der Waals surface area (Å²) in [6.45, 7) is 0.339. The molecule has 0 aliphatic heterocycles. The van der Waals surface area contributed by atoms with Gasteiger partial charge in [-0.1, -0.05) is 41.9 Å². The molecule has 6 heteroatoms. The maximum atomic E-state index is 13.9. The minimum Gasteiger partial charge on any atom is -0.365 e. The smallest absolute Gasteiger partial charge is 0.173 e. The van der Waals surface area contributed by atoms with Crippen LogP contribution in [-0.2, 0) is 6.54 Å². The van der Waals surface area contributed by atoms with E-state index in [4.69, 9.17) is 11.6 Å². The highest BCUT2D eigenvalue weighted by atomic mass is 35.5. The Morgan fingerprint density at radius 3 is 2.60 bits per heavy atom. The first kappa shape index (κ1) is 16.0. The van der Waals surface area contributed by atoms with E-state index in [1.165, 1.54) is 17.4 Å². The Bertz CT molecular complexity index is 1050. The molecular formula is C19H13ClFN3S. The van der Waals surface area contributed by atoms with Crippen molar-refractivity contribution in [2.45, 2.75) is 6.54 Å². The lowest BCUT2D eigenvalue weighted by Crippen LogP contribution is -2.05. The molecule has 4 rings (SSSR count). The SMILES string of the molecule is Fc1ccccc1CNc1nc(-c2sccc2Cl)nc2ccccc12. The average Bonchev–Trinajstić information content (AvgIpc) is 3.06. The van der Waals surface area contributed by atoms with Crippen molar-refractivity contribution in [3.63, 3.8) is 0 Å². The zero-order valence-electron chi connectivity index (χ0n) is 13.0. The number of nitrogens with zero attached hydrogens (tertiary/aromatic N) is 2. The minimum absolute atomic E-state index is 0.241. The number of aromatic nitrogens is 2. The molecule has 25 heavy (non-hydrogen) atoms. The Morgan fingerprint density at radius 2 is 1.80 bits per heavy atom. The van der Waals surface area contributed by atoms with Crippen molar-refractivity contribution >= 4 is 39.7 Å². The molecule has 2 aromatic carbocycles. The first-order valence-corrected chi connectivity index (χ1v) is 8.95. The molecule has 2 heterocycles. The molecule has 0 atom stereocenters. The van der Waals surface area contributed by atoms with Gasteiger partial charge in [-0.15, -0.1) is 11.3 Å². The summed E-state index contributed by atoms with van der Waals surface area (Å²) in [5.41, 5.74) is 1.40. The van der Waals surface area contributed by atoms with Crippen LogP contribution < -0.4 is 5.32 Å². The Balaban J connectivity index is 1.76. The zero-order chi connectivity index (χ0) is 17.2. The van der Waals surface area contributed by atoms with Gasteiger partial charge < -0.3 is 5.32 Å². The van der Waals surface area contributed by atoms with E-state index in [0.29, 0.717) is 28.8 Å². The minimum atomic E-state index is -0.241. The number of rotatable bonds is 4. The highest BCUT2D eigenvalue weighted by molar-refractivity contribution is 7.14. The third-order valence-corrected chi connectivity index (χ3v) is 5.16. The third-order valence-electron chi connectivity index (χ3n) is 3.83. The van der Waals surface area contributed by atoms with Crippen molar-refractivity contribution in [3.8, 4) is 10.7 Å². The molecule has 124 valence electrons. The second-order valence-electron chi connectivity index (χ2n) is 5.46. The molecule has 0 aliphatic carbocycles. The molecule has 0 aliphatic rings. The lowest BCUT2D eigenvalue weighted by molar-refractivity contribution is 0.613. The number of halogens is 2. The standard InChI is InChI=1S/C19H13ClFN3S/c20-14-9-10-25-17(14)19-23-16-8-4-2-6-13(16)18(24-19)22-11-12-5-1-3-7-15(12)21/h1-10H,11H2,(H,22,23,24). The third kappa shape index (κ3) is 3.21. The summed E-state index contributed by atoms with van der Waals surface area (Å²) in [6.07, 6.45) is 0. The van der Waals surface area contributed by atoms with E-state index >= 15 is 0 Å². The Morgan fingerprint density at radius 1 is 1.00 bits per heavy atom. The number of benzene rings is 2. The molecule has 0 unspecified atom stereocenters. The Kier molecular flexibility index (Phi) is 4.34. The molecule has 0 radical (unpaired) electrons. The van der Waals surface area contributed by atoms with E-state index in [1.54, 1.807) is 12.1 Å². The molecule has 0 spiro atoms. The second-order valence-corrected chi connectivity index (χ2v) is 6.78. The first-order chi connectivity index (χ1) is 12.2. The quantitative estimate of drug-likeness (QED) is 0.496. The number of thiophene rings is 1. The van der Waals surface area contributed by atoms with Gasteiger partial charge in [-0.05, 0) is 29.6 Å². The van der Waals surface area contributed by atoms with Gasteiger partial charge in [0.1, 0.15) is 11.6 Å². The lowest BCUT2D eigenvalue weighted by atomic mass is 10.2. The summed E-state index contributed by atoms with van der Waals surface area (Å²) in [5, 5.41) is 6.65. The molecule has 0 bridgehead atoms. The molecule has 2 aromatic heterocycles. The summed E-state index contributed by atoms with van der Waals surface area (Å²) in [5.74, 6) is 0.984. The van der Waals surface area contributed by atoms with Crippen LogP contribution in [0.25, 0.3) is 21.6 Å². The summed E-state index contributed by atoms with van der Waals surface area (Å²) in [6, 6.07) is 16.2. The highest BCUT2D eigenvalue weighted by Crippen LogP contribution is 2.33. The monoisotopic (exact) mass is 369 g/mol. The number of anilines is 1. The molecule has 0 amide bonds. The van der Waals surface area contributed by atoms with Gasteiger partial charge in [0.2, 0.25) is 0 Å². The Hall–Kier alpha value is -2.50. The summed E-state index contributed by atoms with van der Waals surface area (Å²) in [7, 11) is 0. The molecule has 0 saturated carbocycles. The molecule has 3 nitrogen and oxygen atoms in total. The molecule has 1 N–H and O–H groups in total. The summed E-state index contributed by atoms with van der Waals surface area (Å²) >= 11 is 7.72. The number of hydrogen-bond donors (Lipinski definition) is 1. The predicted molar refractivity (Wildman–Crippen MR) is 102 cm³/mol.